The first-order valence-electron chi connectivity index (χ1n) is 10.9. The van der Waals surface area contributed by atoms with E-state index in [4.69, 9.17) is 0 Å². The second-order valence-electron chi connectivity index (χ2n) is 8.59. The van der Waals surface area contributed by atoms with Gasteiger partial charge in [-0.15, -0.1) is 0 Å². The topological polar surface area (TPSA) is 97.1 Å². The summed E-state index contributed by atoms with van der Waals surface area (Å²) in [5.41, 5.74) is 1.72. The molecule has 0 unspecified atom stereocenters. The van der Waals surface area contributed by atoms with Gasteiger partial charge in [-0.25, -0.2) is 22.4 Å². The van der Waals surface area contributed by atoms with Gasteiger partial charge in [0.15, 0.2) is 0 Å². The number of nitrogens with zero attached hydrogens (tertiary/aromatic N) is 3. The highest BCUT2D eigenvalue weighted by atomic mass is 32.2. The zero-order chi connectivity index (χ0) is 24.6. The van der Waals surface area contributed by atoms with Crippen LogP contribution in [-0.4, -0.2) is 33.1 Å². The maximum absolute atomic E-state index is 13.1. The molecular weight excluding hydrogens is 460 g/mol. The molecule has 2 heterocycles. The van der Waals surface area contributed by atoms with Crippen LogP contribution in [0.1, 0.15) is 19.4 Å². The largest absolute Gasteiger partial charge is 0.378 e. The van der Waals surface area contributed by atoms with Crippen LogP contribution >= 0.6 is 0 Å². The van der Waals surface area contributed by atoms with Gasteiger partial charge in [-0.05, 0) is 68.4 Å². The summed E-state index contributed by atoms with van der Waals surface area (Å²) in [4.78, 5) is 8.95. The smallest absolute Gasteiger partial charge is 0.268 e. The lowest BCUT2D eigenvalue weighted by Gasteiger charge is -2.10. The highest BCUT2D eigenvalue weighted by Gasteiger charge is 2.18. The Balaban J connectivity index is 1.50. The number of aromatic nitrogens is 3. The van der Waals surface area contributed by atoms with Gasteiger partial charge in [0.2, 0.25) is 0 Å². The van der Waals surface area contributed by atoms with Crippen molar-refractivity contribution in [3.05, 3.63) is 90.9 Å². The van der Waals surface area contributed by atoms with Crippen molar-refractivity contribution in [2.45, 2.75) is 24.3 Å². The van der Waals surface area contributed by atoms with Crippen molar-refractivity contribution in [2.24, 2.45) is 0 Å². The molecule has 2 N–H and O–H groups in total. The van der Waals surface area contributed by atoms with E-state index >= 15 is 0 Å². The van der Waals surface area contributed by atoms with Gasteiger partial charge in [0.1, 0.15) is 17.7 Å². The van der Waals surface area contributed by atoms with E-state index in [1.54, 1.807) is 62.5 Å². The molecule has 0 saturated carbocycles. The van der Waals surface area contributed by atoms with E-state index < -0.39 is 15.6 Å². The van der Waals surface area contributed by atoms with Crippen LogP contribution in [0.5, 0.6) is 0 Å². The normalized spacial score (nSPS) is 11.9. The Hall–Kier alpha value is -4.19. The van der Waals surface area contributed by atoms with Crippen LogP contribution in [0.3, 0.4) is 0 Å². The van der Waals surface area contributed by atoms with Gasteiger partial charge in [-0.3, -0.25) is 0 Å². The Bertz CT molecular complexity index is 1730. The fraction of sp³-hybridized carbons (Fsp3) is 0.111. The monoisotopic (exact) mass is 482 g/mol. The van der Waals surface area contributed by atoms with Crippen molar-refractivity contribution in [1.29, 1.82) is 0 Å². The Kier molecular flexibility index (Phi) is 5.52. The average molecular weight is 483 g/mol. The molecule has 0 radical (unpaired) electrons. The van der Waals surface area contributed by atoms with Crippen molar-refractivity contribution in [2.75, 3.05) is 5.32 Å². The predicted molar refractivity (Wildman–Crippen MR) is 137 cm³/mol. The molecule has 0 spiro atoms. The number of anilines is 2. The van der Waals surface area contributed by atoms with Gasteiger partial charge in [0.25, 0.3) is 10.0 Å². The molecule has 3 aromatic carbocycles. The van der Waals surface area contributed by atoms with E-state index in [0.29, 0.717) is 11.3 Å². The minimum atomic E-state index is -3.70. The van der Waals surface area contributed by atoms with E-state index in [9.17, 15) is 13.5 Å². The molecule has 5 rings (SSSR count). The zero-order valence-corrected chi connectivity index (χ0v) is 19.9. The van der Waals surface area contributed by atoms with E-state index in [-0.39, 0.29) is 4.90 Å². The first kappa shape index (κ1) is 22.6. The summed E-state index contributed by atoms with van der Waals surface area (Å²) in [5, 5.41) is 14.8. The van der Waals surface area contributed by atoms with E-state index in [1.807, 2.05) is 30.3 Å². The van der Waals surface area contributed by atoms with Gasteiger partial charge in [-0.1, -0.05) is 30.0 Å². The van der Waals surface area contributed by atoms with Crippen LogP contribution in [0, 0.1) is 11.8 Å². The molecule has 0 atom stereocenters. The number of hydrogen-bond donors (Lipinski definition) is 2. The second-order valence-corrected chi connectivity index (χ2v) is 10.4. The Labute approximate surface area is 203 Å². The molecule has 0 fully saturated rings. The molecule has 0 aliphatic heterocycles. The quantitative estimate of drug-likeness (QED) is 0.361. The molecule has 0 saturated heterocycles. The molecular formula is C27H22N4O3S. The first-order valence-corrected chi connectivity index (χ1v) is 12.3. The van der Waals surface area contributed by atoms with Crippen molar-refractivity contribution >= 4 is 43.3 Å². The lowest BCUT2D eigenvalue weighted by Crippen LogP contribution is -2.14. The van der Waals surface area contributed by atoms with Crippen LogP contribution in [0.2, 0.25) is 0 Å². The number of rotatable bonds is 4. The summed E-state index contributed by atoms with van der Waals surface area (Å²) in [6.07, 6.45) is 3.04. The molecule has 0 amide bonds. The summed E-state index contributed by atoms with van der Waals surface area (Å²) in [6.45, 7) is 3.26. The molecule has 7 nitrogen and oxygen atoms in total. The molecule has 35 heavy (non-hydrogen) atoms. The Morgan fingerprint density at radius 3 is 2.54 bits per heavy atom. The Morgan fingerprint density at radius 1 is 0.971 bits per heavy atom. The van der Waals surface area contributed by atoms with Gasteiger partial charge in [0.05, 0.1) is 15.9 Å². The Morgan fingerprint density at radius 2 is 1.77 bits per heavy atom. The van der Waals surface area contributed by atoms with Crippen LogP contribution in [0.15, 0.2) is 90.2 Å². The molecule has 0 bridgehead atoms. The average Bonchev–Trinajstić information content (AvgIpc) is 3.27. The highest BCUT2D eigenvalue weighted by Crippen LogP contribution is 2.28. The lowest BCUT2D eigenvalue weighted by molar-refractivity contribution is 0.143. The maximum Gasteiger partial charge on any atom is 0.268 e. The third kappa shape index (κ3) is 4.60. The van der Waals surface area contributed by atoms with Crippen LogP contribution in [0.4, 0.5) is 11.5 Å². The van der Waals surface area contributed by atoms with Crippen LogP contribution in [-0.2, 0) is 10.0 Å². The second kappa shape index (κ2) is 8.55. The highest BCUT2D eigenvalue weighted by molar-refractivity contribution is 7.90. The maximum atomic E-state index is 13.1. The van der Waals surface area contributed by atoms with Gasteiger partial charge >= 0.3 is 0 Å². The molecule has 0 aliphatic carbocycles. The molecule has 0 aliphatic rings. The van der Waals surface area contributed by atoms with Crippen molar-refractivity contribution in [1.82, 2.24) is 13.9 Å². The SMILES string of the molecule is CC(C)(O)C#Cc1ccc2ncnc(Nc3ccc4c(ccn4S(=O)(=O)c4ccccc4)c3)c2c1. The third-order valence-corrected chi connectivity index (χ3v) is 7.07. The first-order chi connectivity index (χ1) is 16.7. The minimum Gasteiger partial charge on any atom is -0.378 e. The predicted octanol–water partition coefficient (Wildman–Crippen LogP) is 4.69. The number of nitrogens with one attached hydrogen (secondary N) is 1. The van der Waals surface area contributed by atoms with Crippen LogP contribution in [0.25, 0.3) is 21.8 Å². The molecule has 8 heteroatoms. The van der Waals surface area contributed by atoms with E-state index in [2.05, 4.69) is 27.1 Å². The van der Waals surface area contributed by atoms with E-state index in [1.165, 1.54) is 10.3 Å². The summed E-state index contributed by atoms with van der Waals surface area (Å²) in [6, 6.07) is 21.1. The molecule has 5 aromatic rings. The number of aliphatic hydroxyl groups is 1. The van der Waals surface area contributed by atoms with Gasteiger partial charge in [0, 0.05) is 28.2 Å². The lowest BCUT2D eigenvalue weighted by atomic mass is 10.1. The summed E-state index contributed by atoms with van der Waals surface area (Å²) >= 11 is 0. The van der Waals surface area contributed by atoms with Crippen LogP contribution < -0.4 is 5.32 Å². The summed E-state index contributed by atoms with van der Waals surface area (Å²) in [5.74, 6) is 6.39. The van der Waals surface area contributed by atoms with Crippen molar-refractivity contribution in [3.63, 3.8) is 0 Å². The zero-order valence-electron chi connectivity index (χ0n) is 19.1. The standard InChI is InChI=1S/C27H22N4O3S/c1-27(2,32)14-12-19-8-10-24-23(16-19)26(29-18-28-24)30-21-9-11-25-20(17-21)13-15-31(25)35(33,34)22-6-4-3-5-7-22/h3-11,13,15-18,32H,1-2H3,(H,28,29,30). The van der Waals surface area contributed by atoms with Gasteiger partial charge < -0.3 is 10.4 Å². The van der Waals surface area contributed by atoms with Gasteiger partial charge in [-0.2, -0.15) is 0 Å². The number of hydrogen-bond acceptors (Lipinski definition) is 6. The fourth-order valence-corrected chi connectivity index (χ4v) is 5.08. The summed E-state index contributed by atoms with van der Waals surface area (Å²) in [7, 11) is -3.70. The van der Waals surface area contributed by atoms with Crippen molar-refractivity contribution in [3.8, 4) is 11.8 Å². The van der Waals surface area contributed by atoms with Crippen molar-refractivity contribution < 1.29 is 13.5 Å². The van der Waals surface area contributed by atoms with E-state index in [0.717, 1.165) is 27.5 Å². The number of benzene rings is 3. The fourth-order valence-electron chi connectivity index (χ4n) is 3.71. The number of fused-ring (bicyclic) bond motifs is 2. The minimum absolute atomic E-state index is 0.232. The molecule has 174 valence electrons. The summed E-state index contributed by atoms with van der Waals surface area (Å²) < 4.78 is 27.5. The molecule has 2 aromatic heterocycles. The third-order valence-electron chi connectivity index (χ3n) is 5.37.